The molecule has 0 amide bonds. The molecule has 1 aromatic carbocycles. The zero-order valence-corrected chi connectivity index (χ0v) is 13.5. The van der Waals surface area contributed by atoms with Crippen LogP contribution in [0, 0.1) is 6.92 Å². The lowest BCUT2D eigenvalue weighted by molar-refractivity contribution is 0.177. The molecule has 3 rings (SSSR count). The second-order valence-electron chi connectivity index (χ2n) is 5.11. The maximum absolute atomic E-state index is 10.6. The van der Waals surface area contributed by atoms with E-state index in [1.165, 1.54) is 0 Å². The molecule has 0 bridgehead atoms. The number of rotatable bonds is 3. The van der Waals surface area contributed by atoms with E-state index in [0.29, 0.717) is 6.42 Å². The standard InChI is InChI=1S/C16H16BrN3O/c1-10-16(17)14(20(2)19-10)9-15(21)12-5-3-7-13-11(12)6-4-8-18-13/h3-8,15,21H,9H2,1-2H3. The summed E-state index contributed by atoms with van der Waals surface area (Å²) in [5, 5.41) is 16.0. The van der Waals surface area contributed by atoms with Crippen LogP contribution in [0.4, 0.5) is 0 Å². The first kappa shape index (κ1) is 14.2. The van der Waals surface area contributed by atoms with Gasteiger partial charge in [0, 0.05) is 25.1 Å². The summed E-state index contributed by atoms with van der Waals surface area (Å²) in [6.07, 6.45) is 1.68. The van der Waals surface area contributed by atoms with Crippen LogP contribution in [0.3, 0.4) is 0 Å². The van der Waals surface area contributed by atoms with Gasteiger partial charge in [-0.1, -0.05) is 18.2 Å². The van der Waals surface area contributed by atoms with Gasteiger partial charge in [-0.2, -0.15) is 5.10 Å². The molecule has 0 spiro atoms. The normalized spacial score (nSPS) is 12.8. The first-order valence-corrected chi connectivity index (χ1v) is 7.57. The Kier molecular flexibility index (Phi) is 3.78. The third-order valence-corrected chi connectivity index (χ3v) is 4.72. The largest absolute Gasteiger partial charge is 0.388 e. The van der Waals surface area contributed by atoms with Gasteiger partial charge in [-0.25, -0.2) is 0 Å². The monoisotopic (exact) mass is 345 g/mol. The minimum absolute atomic E-state index is 0.506. The van der Waals surface area contributed by atoms with Gasteiger partial charge in [0.15, 0.2) is 0 Å². The third kappa shape index (κ3) is 2.59. The SMILES string of the molecule is Cc1nn(C)c(CC(O)c2cccc3ncccc23)c1Br. The minimum atomic E-state index is -0.594. The van der Waals surface area contributed by atoms with Gasteiger partial charge < -0.3 is 5.11 Å². The van der Waals surface area contributed by atoms with Crippen molar-refractivity contribution in [3.8, 4) is 0 Å². The van der Waals surface area contributed by atoms with Gasteiger partial charge in [0.05, 0.1) is 27.5 Å². The quantitative estimate of drug-likeness (QED) is 0.792. The molecular formula is C16H16BrN3O. The van der Waals surface area contributed by atoms with E-state index in [9.17, 15) is 5.11 Å². The highest BCUT2D eigenvalue weighted by Crippen LogP contribution is 2.29. The lowest BCUT2D eigenvalue weighted by atomic mass is 10.00. The van der Waals surface area contributed by atoms with Gasteiger partial charge in [0.1, 0.15) is 0 Å². The Morgan fingerprint density at radius 2 is 2.10 bits per heavy atom. The molecule has 0 fully saturated rings. The van der Waals surface area contributed by atoms with Crippen LogP contribution in [-0.2, 0) is 13.5 Å². The van der Waals surface area contributed by atoms with Crippen molar-refractivity contribution >= 4 is 26.8 Å². The van der Waals surface area contributed by atoms with Crippen LogP contribution < -0.4 is 0 Å². The fourth-order valence-electron chi connectivity index (χ4n) is 2.61. The smallest absolute Gasteiger partial charge is 0.0852 e. The highest BCUT2D eigenvalue weighted by atomic mass is 79.9. The highest BCUT2D eigenvalue weighted by Gasteiger charge is 2.18. The summed E-state index contributed by atoms with van der Waals surface area (Å²) in [4.78, 5) is 4.33. The molecule has 3 aromatic rings. The van der Waals surface area contributed by atoms with E-state index >= 15 is 0 Å². The van der Waals surface area contributed by atoms with Crippen molar-refractivity contribution in [1.82, 2.24) is 14.8 Å². The molecule has 0 radical (unpaired) electrons. The summed E-state index contributed by atoms with van der Waals surface area (Å²) in [7, 11) is 1.89. The fourth-order valence-corrected chi connectivity index (χ4v) is 3.11. The van der Waals surface area contributed by atoms with Crippen LogP contribution in [0.15, 0.2) is 41.0 Å². The number of aromatic nitrogens is 3. The van der Waals surface area contributed by atoms with Crippen LogP contribution in [-0.4, -0.2) is 19.9 Å². The molecule has 5 heteroatoms. The lowest BCUT2D eigenvalue weighted by Crippen LogP contribution is -2.07. The van der Waals surface area contributed by atoms with Crippen LogP contribution in [0.5, 0.6) is 0 Å². The van der Waals surface area contributed by atoms with Crippen molar-refractivity contribution in [2.45, 2.75) is 19.4 Å². The predicted molar refractivity (Wildman–Crippen MR) is 86.1 cm³/mol. The minimum Gasteiger partial charge on any atom is -0.388 e. The van der Waals surface area contributed by atoms with E-state index < -0.39 is 6.10 Å². The molecule has 1 N–H and O–H groups in total. The van der Waals surface area contributed by atoms with Crippen molar-refractivity contribution in [3.63, 3.8) is 0 Å². The first-order chi connectivity index (χ1) is 10.1. The van der Waals surface area contributed by atoms with Crippen molar-refractivity contribution in [3.05, 3.63) is 58.0 Å². The number of aliphatic hydroxyl groups is 1. The molecule has 21 heavy (non-hydrogen) atoms. The summed E-state index contributed by atoms with van der Waals surface area (Å²) in [6, 6.07) is 9.71. The van der Waals surface area contributed by atoms with Gasteiger partial charge in [-0.05, 0) is 40.5 Å². The van der Waals surface area contributed by atoms with Crippen LogP contribution in [0.2, 0.25) is 0 Å². The van der Waals surface area contributed by atoms with E-state index in [2.05, 4.69) is 26.0 Å². The Morgan fingerprint density at radius 3 is 2.81 bits per heavy atom. The number of aryl methyl sites for hydroxylation is 2. The molecule has 4 nitrogen and oxygen atoms in total. The average molecular weight is 346 g/mol. The number of benzene rings is 1. The number of pyridine rings is 1. The second kappa shape index (κ2) is 5.58. The summed E-state index contributed by atoms with van der Waals surface area (Å²) in [5.74, 6) is 0. The van der Waals surface area contributed by atoms with E-state index in [4.69, 9.17) is 0 Å². The van der Waals surface area contributed by atoms with Crippen molar-refractivity contribution in [2.24, 2.45) is 7.05 Å². The highest BCUT2D eigenvalue weighted by molar-refractivity contribution is 9.10. The maximum atomic E-state index is 10.6. The van der Waals surface area contributed by atoms with Crippen LogP contribution in [0.25, 0.3) is 10.9 Å². The topological polar surface area (TPSA) is 50.9 Å². The molecule has 0 saturated carbocycles. The lowest BCUT2D eigenvalue weighted by Gasteiger charge is -2.14. The van der Waals surface area contributed by atoms with Crippen molar-refractivity contribution < 1.29 is 5.11 Å². The van der Waals surface area contributed by atoms with Crippen LogP contribution >= 0.6 is 15.9 Å². The van der Waals surface area contributed by atoms with Gasteiger partial charge in [0.2, 0.25) is 0 Å². The number of aliphatic hydroxyl groups excluding tert-OH is 1. The number of fused-ring (bicyclic) bond motifs is 1. The van der Waals surface area contributed by atoms with Crippen molar-refractivity contribution in [2.75, 3.05) is 0 Å². The molecule has 0 aliphatic heterocycles. The van der Waals surface area contributed by atoms with E-state index in [1.54, 1.807) is 6.20 Å². The summed E-state index contributed by atoms with van der Waals surface area (Å²) >= 11 is 3.55. The summed E-state index contributed by atoms with van der Waals surface area (Å²) in [6.45, 7) is 1.95. The Labute approximate surface area is 131 Å². The molecule has 1 unspecified atom stereocenters. The molecule has 2 aromatic heterocycles. The van der Waals surface area contributed by atoms with Crippen LogP contribution in [0.1, 0.15) is 23.1 Å². The molecule has 108 valence electrons. The number of nitrogens with zero attached hydrogens (tertiary/aromatic N) is 3. The first-order valence-electron chi connectivity index (χ1n) is 6.77. The number of hydrogen-bond donors (Lipinski definition) is 1. The number of halogens is 1. The average Bonchev–Trinajstić information content (AvgIpc) is 2.73. The maximum Gasteiger partial charge on any atom is 0.0852 e. The molecule has 0 aliphatic carbocycles. The molecular weight excluding hydrogens is 330 g/mol. The zero-order chi connectivity index (χ0) is 15.0. The molecule has 0 saturated heterocycles. The van der Waals surface area contributed by atoms with E-state index in [-0.39, 0.29) is 0 Å². The number of hydrogen-bond acceptors (Lipinski definition) is 3. The summed E-state index contributed by atoms with van der Waals surface area (Å²) in [5.41, 5.74) is 3.71. The zero-order valence-electron chi connectivity index (χ0n) is 11.9. The van der Waals surface area contributed by atoms with Gasteiger partial charge in [-0.15, -0.1) is 0 Å². The van der Waals surface area contributed by atoms with Crippen molar-refractivity contribution in [1.29, 1.82) is 0 Å². The van der Waals surface area contributed by atoms with Gasteiger partial charge in [0.25, 0.3) is 0 Å². The molecule has 2 heterocycles. The predicted octanol–water partition coefficient (Wildman–Crippen LogP) is 3.32. The van der Waals surface area contributed by atoms with Gasteiger partial charge in [-0.3, -0.25) is 9.67 Å². The Morgan fingerprint density at radius 1 is 1.29 bits per heavy atom. The fraction of sp³-hybridized carbons (Fsp3) is 0.250. The third-order valence-electron chi connectivity index (χ3n) is 3.69. The Bertz CT molecular complexity index is 792. The molecule has 1 atom stereocenters. The molecule has 0 aliphatic rings. The van der Waals surface area contributed by atoms with E-state index in [0.717, 1.165) is 32.3 Å². The Hall–Kier alpha value is -1.72. The second-order valence-corrected chi connectivity index (χ2v) is 5.90. The Balaban J connectivity index is 1.99. The van der Waals surface area contributed by atoms with E-state index in [1.807, 2.05) is 49.0 Å². The van der Waals surface area contributed by atoms with Gasteiger partial charge >= 0.3 is 0 Å². The summed E-state index contributed by atoms with van der Waals surface area (Å²) < 4.78 is 2.77.